The van der Waals surface area contributed by atoms with E-state index >= 15 is 0 Å². The Kier molecular flexibility index (Phi) is 4.44. The highest BCUT2D eigenvalue weighted by molar-refractivity contribution is 6.33. The molecule has 2 aromatic rings. The van der Waals surface area contributed by atoms with Gasteiger partial charge in [-0.1, -0.05) is 29.8 Å². The minimum Gasteiger partial charge on any atom is -0.449 e. The number of hydrogen-bond acceptors (Lipinski definition) is 4. The van der Waals surface area contributed by atoms with Crippen LogP contribution in [0.1, 0.15) is 22.8 Å². The monoisotopic (exact) mass is 344 g/mol. The second-order valence-electron chi connectivity index (χ2n) is 5.65. The molecular weight excluding hydrogens is 328 g/mol. The zero-order valence-corrected chi connectivity index (χ0v) is 13.9. The maximum absolute atomic E-state index is 12.6. The number of benzene rings is 2. The highest BCUT2D eigenvalue weighted by Gasteiger charge is 2.30. The van der Waals surface area contributed by atoms with Crippen molar-refractivity contribution in [3.05, 3.63) is 58.6 Å². The van der Waals surface area contributed by atoms with Gasteiger partial charge < -0.3 is 15.4 Å². The van der Waals surface area contributed by atoms with E-state index in [1.165, 1.54) is 18.2 Å². The largest absolute Gasteiger partial charge is 0.449 e. The van der Waals surface area contributed by atoms with Crippen molar-refractivity contribution in [2.75, 3.05) is 17.2 Å². The number of nitrogens with two attached hydrogens (primary N) is 1. The van der Waals surface area contributed by atoms with E-state index in [-0.39, 0.29) is 11.5 Å². The number of amides is 1. The van der Waals surface area contributed by atoms with Crippen molar-refractivity contribution in [2.45, 2.75) is 19.4 Å². The molecule has 3 rings (SSSR count). The molecule has 0 unspecified atom stereocenters. The summed E-state index contributed by atoms with van der Waals surface area (Å²) in [5.74, 6) is -0.845. The van der Waals surface area contributed by atoms with E-state index in [9.17, 15) is 9.59 Å². The number of fused-ring (bicyclic) bond motifs is 1. The third kappa shape index (κ3) is 3.08. The Balaban J connectivity index is 1.70. The molecule has 0 fully saturated rings. The Morgan fingerprint density at radius 2 is 2.00 bits per heavy atom. The lowest BCUT2D eigenvalue weighted by molar-refractivity contribution is -0.126. The number of halogens is 1. The van der Waals surface area contributed by atoms with Gasteiger partial charge in [0.05, 0.1) is 16.3 Å². The molecule has 1 aliphatic heterocycles. The molecule has 1 aliphatic rings. The predicted molar refractivity (Wildman–Crippen MR) is 93.2 cm³/mol. The molecule has 1 heterocycles. The molecule has 0 aliphatic carbocycles. The number of ether oxygens (including phenoxy) is 1. The molecule has 0 bridgehead atoms. The number of nitrogens with zero attached hydrogens (tertiary/aromatic N) is 1. The molecule has 2 N–H and O–H groups in total. The van der Waals surface area contributed by atoms with Crippen molar-refractivity contribution in [3.63, 3.8) is 0 Å². The van der Waals surface area contributed by atoms with Crippen molar-refractivity contribution >= 4 is 34.9 Å². The number of carbonyl (C=O) groups excluding carboxylic acids is 2. The van der Waals surface area contributed by atoms with Gasteiger partial charge in [-0.2, -0.15) is 0 Å². The molecule has 0 saturated heterocycles. The molecule has 124 valence electrons. The quantitative estimate of drug-likeness (QED) is 0.686. The average molecular weight is 345 g/mol. The van der Waals surface area contributed by atoms with Crippen LogP contribution in [-0.2, 0) is 16.0 Å². The van der Waals surface area contributed by atoms with Crippen molar-refractivity contribution in [1.29, 1.82) is 0 Å². The van der Waals surface area contributed by atoms with E-state index in [0.29, 0.717) is 17.3 Å². The van der Waals surface area contributed by atoms with Crippen molar-refractivity contribution < 1.29 is 14.3 Å². The predicted octanol–water partition coefficient (Wildman–Crippen LogP) is 3.06. The zero-order chi connectivity index (χ0) is 17.3. The van der Waals surface area contributed by atoms with Crippen LogP contribution in [0.25, 0.3) is 0 Å². The molecule has 1 atom stereocenters. The van der Waals surface area contributed by atoms with Crippen LogP contribution in [0, 0.1) is 0 Å². The van der Waals surface area contributed by atoms with Crippen LogP contribution >= 0.6 is 11.6 Å². The maximum Gasteiger partial charge on any atom is 0.338 e. The minimum absolute atomic E-state index is 0.241. The van der Waals surface area contributed by atoms with E-state index in [1.807, 2.05) is 24.3 Å². The fourth-order valence-electron chi connectivity index (χ4n) is 2.74. The number of para-hydroxylation sites is 1. The summed E-state index contributed by atoms with van der Waals surface area (Å²) in [5, 5.41) is 0.365. The third-order valence-electron chi connectivity index (χ3n) is 4.02. The highest BCUT2D eigenvalue weighted by Crippen LogP contribution is 2.28. The Morgan fingerprint density at radius 3 is 2.75 bits per heavy atom. The summed E-state index contributed by atoms with van der Waals surface area (Å²) >= 11 is 5.84. The first-order chi connectivity index (χ1) is 11.5. The topological polar surface area (TPSA) is 72.6 Å². The summed E-state index contributed by atoms with van der Waals surface area (Å²) in [6, 6.07) is 12.2. The average Bonchev–Trinajstić information content (AvgIpc) is 3.00. The van der Waals surface area contributed by atoms with Gasteiger partial charge in [-0.05, 0) is 43.2 Å². The van der Waals surface area contributed by atoms with Gasteiger partial charge in [0, 0.05) is 12.2 Å². The molecule has 6 heteroatoms. The van der Waals surface area contributed by atoms with Gasteiger partial charge in [-0.15, -0.1) is 0 Å². The van der Waals surface area contributed by atoms with Crippen LogP contribution < -0.4 is 10.6 Å². The summed E-state index contributed by atoms with van der Waals surface area (Å²) in [7, 11) is 0. The molecule has 1 amide bonds. The van der Waals surface area contributed by atoms with Gasteiger partial charge in [0.15, 0.2) is 6.10 Å². The molecule has 0 radical (unpaired) electrons. The van der Waals surface area contributed by atoms with Crippen LogP contribution in [0.15, 0.2) is 42.5 Å². The van der Waals surface area contributed by atoms with Crippen LogP contribution in [0.2, 0.25) is 5.02 Å². The summed E-state index contributed by atoms with van der Waals surface area (Å²) in [5.41, 5.74) is 8.24. The van der Waals surface area contributed by atoms with Crippen molar-refractivity contribution in [2.24, 2.45) is 0 Å². The van der Waals surface area contributed by atoms with Crippen molar-refractivity contribution in [3.8, 4) is 0 Å². The van der Waals surface area contributed by atoms with Gasteiger partial charge in [0.2, 0.25) is 0 Å². The molecular formula is C18H17ClN2O3. The Hall–Kier alpha value is -2.53. The standard InChI is InChI=1S/C18H17ClN2O3/c1-11(24-18(23)13-6-7-14(19)15(20)10-13)17(22)21-9-8-12-4-2-3-5-16(12)21/h2-7,10-11H,8-9,20H2,1H3/t11-/m0/s1. The number of rotatable bonds is 3. The number of hydrogen-bond donors (Lipinski definition) is 1. The van der Waals surface area contributed by atoms with Gasteiger partial charge in [-0.3, -0.25) is 4.79 Å². The molecule has 2 aromatic carbocycles. The van der Waals surface area contributed by atoms with Crippen LogP contribution in [0.5, 0.6) is 0 Å². The number of anilines is 2. The molecule has 24 heavy (non-hydrogen) atoms. The summed E-state index contributed by atoms with van der Waals surface area (Å²) in [4.78, 5) is 26.4. The Labute approximate surface area is 145 Å². The van der Waals surface area contributed by atoms with Crippen LogP contribution in [0.4, 0.5) is 11.4 Å². The van der Waals surface area contributed by atoms with Crippen molar-refractivity contribution in [1.82, 2.24) is 0 Å². The summed E-state index contributed by atoms with van der Waals surface area (Å²) in [6.07, 6.45) is -0.0865. The normalized spacial score (nSPS) is 14.2. The summed E-state index contributed by atoms with van der Waals surface area (Å²) in [6.45, 7) is 2.16. The van der Waals surface area contributed by atoms with E-state index in [2.05, 4.69) is 0 Å². The second kappa shape index (κ2) is 6.53. The first-order valence-corrected chi connectivity index (χ1v) is 8.00. The van der Waals surface area contributed by atoms with Crippen LogP contribution in [-0.4, -0.2) is 24.5 Å². The third-order valence-corrected chi connectivity index (χ3v) is 4.36. The maximum atomic E-state index is 12.6. The number of carbonyl (C=O) groups is 2. The fraction of sp³-hybridized carbons (Fsp3) is 0.222. The molecule has 5 nitrogen and oxygen atoms in total. The SMILES string of the molecule is C[C@H](OC(=O)c1ccc(Cl)c(N)c1)C(=O)N1CCc2ccccc21. The molecule has 0 aromatic heterocycles. The zero-order valence-electron chi connectivity index (χ0n) is 13.2. The highest BCUT2D eigenvalue weighted by atomic mass is 35.5. The van der Waals surface area contributed by atoms with Gasteiger partial charge >= 0.3 is 5.97 Å². The first kappa shape index (κ1) is 16.3. The number of nitrogen functional groups attached to an aromatic ring is 1. The van der Waals surface area contributed by atoms with Gasteiger partial charge in [-0.25, -0.2) is 4.79 Å². The molecule has 0 saturated carbocycles. The van der Waals surface area contributed by atoms with E-state index in [0.717, 1.165) is 17.7 Å². The van der Waals surface area contributed by atoms with E-state index in [4.69, 9.17) is 22.1 Å². The minimum atomic E-state index is -0.888. The lowest BCUT2D eigenvalue weighted by Gasteiger charge is -2.21. The Bertz CT molecular complexity index is 807. The lowest BCUT2D eigenvalue weighted by atomic mass is 10.2. The number of esters is 1. The Morgan fingerprint density at radius 1 is 1.25 bits per heavy atom. The summed E-state index contributed by atoms with van der Waals surface area (Å²) < 4.78 is 5.29. The van der Waals surface area contributed by atoms with Gasteiger partial charge in [0.1, 0.15) is 0 Å². The fourth-order valence-corrected chi connectivity index (χ4v) is 2.85. The molecule has 0 spiro atoms. The van der Waals surface area contributed by atoms with Gasteiger partial charge in [0.25, 0.3) is 5.91 Å². The second-order valence-corrected chi connectivity index (χ2v) is 6.06. The van der Waals surface area contributed by atoms with Crippen LogP contribution in [0.3, 0.4) is 0 Å². The van der Waals surface area contributed by atoms with E-state index in [1.54, 1.807) is 11.8 Å². The lowest BCUT2D eigenvalue weighted by Crippen LogP contribution is -2.39. The van der Waals surface area contributed by atoms with E-state index < -0.39 is 12.1 Å². The smallest absolute Gasteiger partial charge is 0.338 e. The first-order valence-electron chi connectivity index (χ1n) is 7.62.